The molecule has 13 heavy (non-hydrogen) atoms. The summed E-state index contributed by atoms with van der Waals surface area (Å²) in [5.74, 6) is 0.678. The third-order valence-corrected chi connectivity index (χ3v) is 1.68. The molecule has 0 radical (unpaired) electrons. The zero-order valence-electron chi connectivity index (χ0n) is 6.73. The van der Waals surface area contributed by atoms with Crippen LogP contribution in [0.2, 0.25) is 0 Å². The van der Waals surface area contributed by atoms with E-state index in [4.69, 9.17) is 5.26 Å². The van der Waals surface area contributed by atoms with Gasteiger partial charge in [-0.15, -0.1) is 0 Å². The van der Waals surface area contributed by atoms with Crippen LogP contribution in [0.4, 0.5) is 0 Å². The van der Waals surface area contributed by atoms with Gasteiger partial charge in [-0.1, -0.05) is 12.1 Å². The first-order chi connectivity index (χ1) is 6.40. The Bertz CT molecular complexity index is 439. The fourth-order valence-electron chi connectivity index (χ4n) is 1.08. The van der Waals surface area contributed by atoms with Crippen LogP contribution in [-0.4, -0.2) is 15.2 Å². The second kappa shape index (κ2) is 3.07. The maximum absolute atomic E-state index is 8.66. The molecule has 0 atom stereocenters. The lowest BCUT2D eigenvalue weighted by Crippen LogP contribution is -1.81. The summed E-state index contributed by atoms with van der Waals surface area (Å²) in [7, 11) is 0. The highest BCUT2D eigenvalue weighted by atomic mass is 15.2. The number of aromatic amines is 1. The molecule has 62 valence electrons. The smallest absolute Gasteiger partial charge is 0.155 e. The Hall–Kier alpha value is -2.15. The number of H-pyrrole nitrogens is 1. The van der Waals surface area contributed by atoms with Gasteiger partial charge in [-0.2, -0.15) is 10.4 Å². The van der Waals surface area contributed by atoms with Gasteiger partial charge in [0.2, 0.25) is 0 Å². The van der Waals surface area contributed by atoms with E-state index in [0.717, 1.165) is 5.56 Å². The summed E-state index contributed by atoms with van der Waals surface area (Å²) < 4.78 is 0. The highest BCUT2D eigenvalue weighted by Gasteiger charge is 2.00. The van der Waals surface area contributed by atoms with Crippen molar-refractivity contribution in [2.45, 2.75) is 0 Å². The summed E-state index contributed by atoms with van der Waals surface area (Å²) in [5.41, 5.74) is 1.49. The lowest BCUT2D eigenvalue weighted by Gasteiger charge is -1.94. The highest BCUT2D eigenvalue weighted by molar-refractivity contribution is 5.56. The number of rotatable bonds is 1. The molecule has 0 saturated carbocycles. The summed E-state index contributed by atoms with van der Waals surface area (Å²) in [5, 5.41) is 15.1. The van der Waals surface area contributed by atoms with Gasteiger partial charge in [0.1, 0.15) is 6.33 Å². The minimum Gasteiger partial charge on any atom is -0.259 e. The first kappa shape index (κ1) is 7.50. The van der Waals surface area contributed by atoms with E-state index in [2.05, 4.69) is 21.3 Å². The summed E-state index contributed by atoms with van der Waals surface area (Å²) in [6.07, 6.45) is 1.44. The molecule has 0 fully saturated rings. The van der Waals surface area contributed by atoms with Gasteiger partial charge in [-0.25, -0.2) is 4.98 Å². The lowest BCUT2D eigenvalue weighted by atomic mass is 10.1. The number of benzene rings is 1. The second-order valence-electron chi connectivity index (χ2n) is 2.53. The van der Waals surface area contributed by atoms with Gasteiger partial charge < -0.3 is 0 Å². The van der Waals surface area contributed by atoms with Gasteiger partial charge >= 0.3 is 0 Å². The summed E-state index contributed by atoms with van der Waals surface area (Å²) in [4.78, 5) is 3.99. The summed E-state index contributed by atoms with van der Waals surface area (Å²) >= 11 is 0. The summed E-state index contributed by atoms with van der Waals surface area (Å²) in [6.45, 7) is 0. The molecule has 1 aromatic heterocycles. The third-order valence-electron chi connectivity index (χ3n) is 1.68. The van der Waals surface area contributed by atoms with Crippen molar-refractivity contribution in [2.75, 3.05) is 0 Å². The van der Waals surface area contributed by atoms with Gasteiger partial charge in [0, 0.05) is 5.56 Å². The molecule has 0 amide bonds. The van der Waals surface area contributed by atoms with E-state index in [1.54, 1.807) is 12.1 Å². The standard InChI is InChI=1S/C9H6N4/c10-5-7-2-1-3-8(4-7)9-11-6-12-13-9/h1-4,6H,(H,11,12,13). The van der Waals surface area contributed by atoms with Gasteiger partial charge in [0.25, 0.3) is 0 Å². The normalized spacial score (nSPS) is 9.46. The van der Waals surface area contributed by atoms with Crippen LogP contribution in [0.15, 0.2) is 30.6 Å². The minimum absolute atomic E-state index is 0.619. The molecular weight excluding hydrogens is 164 g/mol. The van der Waals surface area contributed by atoms with Gasteiger partial charge in [0.15, 0.2) is 5.82 Å². The SMILES string of the molecule is N#Cc1cccc(-c2ncn[nH]2)c1. The molecule has 4 heteroatoms. The van der Waals surface area contributed by atoms with E-state index >= 15 is 0 Å². The molecule has 0 aliphatic rings. The molecule has 0 saturated heterocycles. The zero-order valence-corrected chi connectivity index (χ0v) is 6.73. The van der Waals surface area contributed by atoms with Crippen molar-refractivity contribution < 1.29 is 0 Å². The quantitative estimate of drug-likeness (QED) is 0.702. The van der Waals surface area contributed by atoms with Gasteiger partial charge in [0.05, 0.1) is 11.6 Å². The Labute approximate surface area is 74.9 Å². The topological polar surface area (TPSA) is 65.4 Å². The Morgan fingerprint density at radius 2 is 2.31 bits per heavy atom. The van der Waals surface area contributed by atoms with Crippen LogP contribution in [0.5, 0.6) is 0 Å². The van der Waals surface area contributed by atoms with E-state index in [1.165, 1.54) is 6.33 Å². The molecule has 1 heterocycles. The van der Waals surface area contributed by atoms with Gasteiger partial charge in [-0.05, 0) is 12.1 Å². The van der Waals surface area contributed by atoms with Crippen molar-refractivity contribution in [1.82, 2.24) is 15.2 Å². The monoisotopic (exact) mass is 170 g/mol. The maximum atomic E-state index is 8.66. The molecule has 2 aromatic rings. The van der Waals surface area contributed by atoms with Crippen molar-refractivity contribution in [2.24, 2.45) is 0 Å². The van der Waals surface area contributed by atoms with Crippen LogP contribution in [-0.2, 0) is 0 Å². The number of nitrogens with zero attached hydrogens (tertiary/aromatic N) is 3. The largest absolute Gasteiger partial charge is 0.259 e. The van der Waals surface area contributed by atoms with Crippen molar-refractivity contribution >= 4 is 0 Å². The highest BCUT2D eigenvalue weighted by Crippen LogP contribution is 2.14. The minimum atomic E-state index is 0.619. The van der Waals surface area contributed by atoms with Crippen LogP contribution in [0.3, 0.4) is 0 Å². The van der Waals surface area contributed by atoms with E-state index < -0.39 is 0 Å². The van der Waals surface area contributed by atoms with E-state index in [-0.39, 0.29) is 0 Å². The molecular formula is C9H6N4. The van der Waals surface area contributed by atoms with E-state index in [0.29, 0.717) is 11.4 Å². The van der Waals surface area contributed by atoms with Crippen LogP contribution in [0.1, 0.15) is 5.56 Å². The fraction of sp³-hybridized carbons (Fsp3) is 0. The van der Waals surface area contributed by atoms with Crippen molar-refractivity contribution in [3.63, 3.8) is 0 Å². The number of hydrogen-bond donors (Lipinski definition) is 1. The predicted molar refractivity (Wildman–Crippen MR) is 46.5 cm³/mol. The number of nitrogens with one attached hydrogen (secondary N) is 1. The fourth-order valence-corrected chi connectivity index (χ4v) is 1.08. The Morgan fingerprint density at radius 1 is 1.38 bits per heavy atom. The third kappa shape index (κ3) is 1.40. The summed E-state index contributed by atoms with van der Waals surface area (Å²) in [6, 6.07) is 9.27. The molecule has 2 rings (SSSR count). The number of hydrogen-bond acceptors (Lipinski definition) is 3. The first-order valence-electron chi connectivity index (χ1n) is 3.76. The van der Waals surface area contributed by atoms with E-state index in [9.17, 15) is 0 Å². The van der Waals surface area contributed by atoms with Crippen LogP contribution >= 0.6 is 0 Å². The molecule has 1 aromatic carbocycles. The average molecular weight is 170 g/mol. The van der Waals surface area contributed by atoms with Crippen LogP contribution in [0, 0.1) is 11.3 Å². The molecule has 0 aliphatic carbocycles. The number of aromatic nitrogens is 3. The van der Waals surface area contributed by atoms with E-state index in [1.807, 2.05) is 12.1 Å². The lowest BCUT2D eigenvalue weighted by molar-refractivity contribution is 1.09. The zero-order chi connectivity index (χ0) is 9.10. The Morgan fingerprint density at radius 3 is 3.00 bits per heavy atom. The van der Waals surface area contributed by atoms with Crippen molar-refractivity contribution in [3.8, 4) is 17.5 Å². The Kier molecular flexibility index (Phi) is 1.77. The molecule has 0 unspecified atom stereocenters. The molecule has 0 bridgehead atoms. The molecule has 0 aliphatic heterocycles. The predicted octanol–water partition coefficient (Wildman–Crippen LogP) is 1.34. The molecule has 4 nitrogen and oxygen atoms in total. The maximum Gasteiger partial charge on any atom is 0.155 e. The Balaban J connectivity index is 2.49. The average Bonchev–Trinajstić information content (AvgIpc) is 2.71. The van der Waals surface area contributed by atoms with Crippen molar-refractivity contribution in [1.29, 1.82) is 5.26 Å². The number of nitriles is 1. The van der Waals surface area contributed by atoms with Crippen molar-refractivity contribution in [3.05, 3.63) is 36.2 Å². The molecule has 1 N–H and O–H groups in total. The van der Waals surface area contributed by atoms with Crippen LogP contribution in [0.25, 0.3) is 11.4 Å². The first-order valence-corrected chi connectivity index (χ1v) is 3.76. The second-order valence-corrected chi connectivity index (χ2v) is 2.53. The molecule has 0 spiro atoms. The van der Waals surface area contributed by atoms with Gasteiger partial charge in [-0.3, -0.25) is 5.10 Å². The van der Waals surface area contributed by atoms with Crippen LogP contribution < -0.4 is 0 Å².